The summed E-state index contributed by atoms with van der Waals surface area (Å²) in [6, 6.07) is 18.9. The first-order chi connectivity index (χ1) is 17.8. The van der Waals surface area contributed by atoms with Gasteiger partial charge in [-0.15, -0.1) is 11.3 Å². The zero-order valence-electron chi connectivity index (χ0n) is 20.6. The van der Waals surface area contributed by atoms with Crippen LogP contribution in [-0.4, -0.2) is 55.0 Å². The minimum absolute atomic E-state index is 0.450. The first-order valence-electron chi connectivity index (χ1n) is 11.4. The number of para-hydroxylation sites is 1. The van der Waals surface area contributed by atoms with Crippen LogP contribution >= 0.6 is 11.3 Å². The van der Waals surface area contributed by atoms with Crippen LogP contribution in [0.25, 0.3) is 32.2 Å². The molecular formula is C25H27F3N4O4S2. The number of aryl methyl sites for hydroxylation is 1. The van der Waals surface area contributed by atoms with E-state index in [4.69, 9.17) is 14.9 Å². The molecule has 0 radical (unpaired) electrons. The molecular weight excluding hydrogens is 541 g/mol. The summed E-state index contributed by atoms with van der Waals surface area (Å²) in [5, 5.41) is 10.5. The van der Waals surface area contributed by atoms with Crippen molar-refractivity contribution in [2.75, 3.05) is 19.3 Å². The average molecular weight is 569 g/mol. The number of sulfonamides is 1. The molecule has 4 rings (SSSR count). The molecule has 0 fully saturated rings. The number of alkyl halides is 3. The molecule has 13 heteroatoms. The Balaban J connectivity index is 0.000000505. The van der Waals surface area contributed by atoms with Crippen molar-refractivity contribution in [2.45, 2.75) is 26.1 Å². The molecule has 0 aliphatic carbocycles. The summed E-state index contributed by atoms with van der Waals surface area (Å²) >= 11 is 1.73. The number of aromatic nitrogens is 2. The summed E-state index contributed by atoms with van der Waals surface area (Å²) in [5.41, 5.74) is 5.63. The number of aliphatic carboxylic acids is 1. The number of carboxylic acids is 1. The summed E-state index contributed by atoms with van der Waals surface area (Å²) < 4.78 is 56.4. The number of rotatable bonds is 9. The Bertz CT molecular complexity index is 1500. The Labute approximate surface area is 222 Å². The lowest BCUT2D eigenvalue weighted by Gasteiger charge is -2.07. The smallest absolute Gasteiger partial charge is 0.475 e. The minimum atomic E-state index is -5.08. The molecule has 4 aromatic rings. The van der Waals surface area contributed by atoms with E-state index in [1.54, 1.807) is 11.3 Å². The molecule has 2 aromatic heterocycles. The number of halogens is 3. The van der Waals surface area contributed by atoms with Crippen LogP contribution in [0.3, 0.4) is 0 Å². The van der Waals surface area contributed by atoms with Crippen molar-refractivity contribution in [1.29, 1.82) is 0 Å². The quantitative estimate of drug-likeness (QED) is 0.212. The zero-order chi connectivity index (χ0) is 27.9. The van der Waals surface area contributed by atoms with Gasteiger partial charge in [-0.2, -0.15) is 13.2 Å². The van der Waals surface area contributed by atoms with E-state index in [0.717, 1.165) is 41.2 Å². The molecule has 2 aromatic carbocycles. The fourth-order valence-corrected chi connectivity index (χ4v) is 4.91. The van der Waals surface area contributed by atoms with E-state index >= 15 is 0 Å². The third kappa shape index (κ3) is 8.65. The fraction of sp³-hybridized carbons (Fsp3) is 0.280. The average Bonchev–Trinajstić information content (AvgIpc) is 3.49. The number of hydrogen-bond donors (Lipinski definition) is 4. The van der Waals surface area contributed by atoms with Crippen molar-refractivity contribution in [3.05, 3.63) is 65.7 Å². The normalized spacial score (nSPS) is 11.8. The molecule has 0 saturated carbocycles. The van der Waals surface area contributed by atoms with E-state index in [1.165, 1.54) is 27.8 Å². The van der Waals surface area contributed by atoms with Gasteiger partial charge in [-0.25, -0.2) is 22.9 Å². The van der Waals surface area contributed by atoms with Crippen molar-refractivity contribution in [3.63, 3.8) is 0 Å². The van der Waals surface area contributed by atoms with Gasteiger partial charge < -0.3 is 15.4 Å². The van der Waals surface area contributed by atoms with Crippen LogP contribution < -0.4 is 10.0 Å². The highest BCUT2D eigenvalue weighted by Gasteiger charge is 2.38. The van der Waals surface area contributed by atoms with Gasteiger partial charge in [0.05, 0.1) is 22.2 Å². The second kappa shape index (κ2) is 12.5. The largest absolute Gasteiger partial charge is 0.490 e. The molecule has 0 amide bonds. The van der Waals surface area contributed by atoms with Crippen LogP contribution in [0.1, 0.15) is 17.5 Å². The van der Waals surface area contributed by atoms with Gasteiger partial charge >= 0.3 is 12.1 Å². The molecule has 4 N–H and O–H groups in total. The Morgan fingerprint density at radius 2 is 1.76 bits per heavy atom. The van der Waals surface area contributed by atoms with Gasteiger partial charge in [0.1, 0.15) is 5.82 Å². The van der Waals surface area contributed by atoms with E-state index in [9.17, 15) is 21.6 Å². The van der Waals surface area contributed by atoms with Crippen molar-refractivity contribution in [2.24, 2.45) is 0 Å². The van der Waals surface area contributed by atoms with E-state index in [2.05, 4.69) is 70.5 Å². The standard InChI is InChI=1S/C23H26N4O2S2.C2HF3O2/c1-16-6-3-9-19-22(16)27-23(26-19)21-11-10-20(30-21)18-8-4-7-17(14-18)15-24-12-5-13-25-31(2,28)29;3-2(4,5)1(6)7/h3-4,6-11,14,24-25H,5,12-13,15H2,1-2H3,(H,26,27);(H,6,7). The van der Waals surface area contributed by atoms with Crippen LogP contribution in [0.5, 0.6) is 0 Å². The van der Waals surface area contributed by atoms with E-state index in [0.29, 0.717) is 6.54 Å². The van der Waals surface area contributed by atoms with Gasteiger partial charge in [0.25, 0.3) is 0 Å². The highest BCUT2D eigenvalue weighted by Crippen LogP contribution is 2.34. The molecule has 0 aliphatic heterocycles. The number of H-pyrrole nitrogens is 1. The Kier molecular flexibility index (Phi) is 9.66. The highest BCUT2D eigenvalue weighted by atomic mass is 32.2. The molecule has 0 bridgehead atoms. The predicted octanol–water partition coefficient (Wildman–Crippen LogP) is 4.93. The number of nitrogens with zero attached hydrogens (tertiary/aromatic N) is 1. The maximum atomic E-state index is 11.1. The number of nitrogens with one attached hydrogen (secondary N) is 3. The van der Waals surface area contributed by atoms with E-state index in [1.807, 2.05) is 6.07 Å². The third-order valence-electron chi connectivity index (χ3n) is 5.23. The van der Waals surface area contributed by atoms with Gasteiger partial charge in [0.2, 0.25) is 10.0 Å². The molecule has 8 nitrogen and oxygen atoms in total. The highest BCUT2D eigenvalue weighted by molar-refractivity contribution is 7.88. The minimum Gasteiger partial charge on any atom is -0.475 e. The first kappa shape index (κ1) is 29.3. The fourth-order valence-electron chi connectivity index (χ4n) is 3.45. The van der Waals surface area contributed by atoms with Gasteiger partial charge in [0.15, 0.2) is 0 Å². The lowest BCUT2D eigenvalue weighted by Crippen LogP contribution is -2.26. The van der Waals surface area contributed by atoms with Crippen molar-refractivity contribution in [1.82, 2.24) is 20.0 Å². The number of aromatic amines is 1. The van der Waals surface area contributed by atoms with Gasteiger partial charge in [-0.3, -0.25) is 0 Å². The third-order valence-corrected chi connectivity index (χ3v) is 7.10. The van der Waals surface area contributed by atoms with E-state index in [-0.39, 0.29) is 0 Å². The number of imidazole rings is 1. The Hall–Kier alpha value is -3.26. The number of carbonyl (C=O) groups is 1. The SMILES string of the molecule is Cc1cccc2[nH]c(-c3ccc(-c4cccc(CNCCCNS(C)(=O)=O)c4)s3)nc12.O=C(O)C(F)(F)F. The summed E-state index contributed by atoms with van der Waals surface area (Å²) in [6.45, 7) is 4.02. The van der Waals surface area contributed by atoms with Gasteiger partial charge in [-0.1, -0.05) is 30.3 Å². The number of hydrogen-bond acceptors (Lipinski definition) is 6. The van der Waals surface area contributed by atoms with Crippen LogP contribution in [0.4, 0.5) is 13.2 Å². The molecule has 2 heterocycles. The molecule has 0 aliphatic rings. The lowest BCUT2D eigenvalue weighted by atomic mass is 10.1. The van der Waals surface area contributed by atoms with Crippen LogP contribution in [0, 0.1) is 6.92 Å². The number of benzene rings is 2. The first-order valence-corrected chi connectivity index (χ1v) is 14.1. The molecule has 0 unspecified atom stereocenters. The summed E-state index contributed by atoms with van der Waals surface area (Å²) in [6.07, 6.45) is -3.16. The summed E-state index contributed by atoms with van der Waals surface area (Å²) in [5.74, 6) is -1.85. The Morgan fingerprint density at radius 3 is 2.42 bits per heavy atom. The second-order valence-electron chi connectivity index (χ2n) is 8.42. The van der Waals surface area contributed by atoms with Crippen LogP contribution in [0.15, 0.2) is 54.6 Å². The monoisotopic (exact) mass is 568 g/mol. The molecule has 0 spiro atoms. The molecule has 204 valence electrons. The van der Waals surface area contributed by atoms with Gasteiger partial charge in [0, 0.05) is 18.0 Å². The number of fused-ring (bicyclic) bond motifs is 1. The maximum absolute atomic E-state index is 11.1. The number of carboxylic acid groups (broad SMARTS) is 1. The zero-order valence-corrected chi connectivity index (χ0v) is 22.2. The lowest BCUT2D eigenvalue weighted by molar-refractivity contribution is -0.192. The van der Waals surface area contributed by atoms with Gasteiger partial charge in [-0.05, 0) is 60.8 Å². The predicted molar refractivity (Wildman–Crippen MR) is 142 cm³/mol. The van der Waals surface area contributed by atoms with Crippen molar-refractivity contribution in [3.8, 4) is 21.1 Å². The van der Waals surface area contributed by atoms with E-state index < -0.39 is 22.2 Å². The maximum Gasteiger partial charge on any atom is 0.490 e. The van der Waals surface area contributed by atoms with Crippen LogP contribution in [-0.2, 0) is 21.4 Å². The molecule has 0 atom stereocenters. The van der Waals surface area contributed by atoms with Crippen molar-refractivity contribution < 1.29 is 31.5 Å². The topological polar surface area (TPSA) is 124 Å². The molecule has 38 heavy (non-hydrogen) atoms. The Morgan fingerprint density at radius 1 is 1.08 bits per heavy atom. The summed E-state index contributed by atoms with van der Waals surface area (Å²) in [4.78, 5) is 19.4. The summed E-state index contributed by atoms with van der Waals surface area (Å²) in [7, 11) is -3.11. The number of thiophene rings is 1. The van der Waals surface area contributed by atoms with Crippen LogP contribution in [0.2, 0.25) is 0 Å². The second-order valence-corrected chi connectivity index (χ2v) is 11.3. The van der Waals surface area contributed by atoms with Crippen molar-refractivity contribution >= 4 is 38.4 Å². The molecule has 0 saturated heterocycles.